The van der Waals surface area contributed by atoms with Crippen molar-refractivity contribution in [1.82, 2.24) is 18.7 Å². The topological polar surface area (TPSA) is 154 Å². The third-order valence-corrected chi connectivity index (χ3v) is 8.68. The van der Waals surface area contributed by atoms with E-state index in [0.717, 1.165) is 64.2 Å². The highest BCUT2D eigenvalue weighted by atomic mass is 36.0. The number of oxazole rings is 1. The first-order valence-electron chi connectivity index (χ1n) is 17.3. The van der Waals surface area contributed by atoms with Gasteiger partial charge in [0.2, 0.25) is 0 Å². The standard InChI is InChI=1S/C15H14N2O3.C13H13NO3.C12H13NO2.Cl3OP/c1-3-17-8-12(14-7-16-9-20-14)11-5-4-10(6-13(11)17)15(18)19-2;1-3-14-7-10(8-15)11-5-4-9(6-12(11)14)13(16)17-2;1-3-13-7-6-9-4-5-10(8-11(9)13)12(14)15-2;1-5(2,3)4/h4-9H,3H2,1-2H3;4-8H,3H2,1-2H3;4-8H,3H2,1-2H3;. The van der Waals surface area contributed by atoms with Crippen LogP contribution in [0.25, 0.3) is 44.0 Å². The van der Waals surface area contributed by atoms with Gasteiger partial charge < -0.3 is 32.3 Å². The Bertz CT molecular complexity index is 2550. The number of hydrogen-bond acceptors (Lipinski definition) is 10. The molecule has 0 saturated heterocycles. The third kappa shape index (κ3) is 11.2. The lowest BCUT2D eigenvalue weighted by Gasteiger charge is -2.03. The highest BCUT2D eigenvalue weighted by molar-refractivity contribution is 8.24. The van der Waals surface area contributed by atoms with E-state index in [0.29, 0.717) is 28.0 Å². The number of hydrogen-bond donors (Lipinski definition) is 0. The molecule has 0 bridgehead atoms. The Hall–Kier alpha value is -5.33. The number of aldehydes is 1. The van der Waals surface area contributed by atoms with Crippen molar-refractivity contribution in [2.24, 2.45) is 0 Å². The number of carbonyl (C=O) groups excluding carboxylic acids is 4. The number of halogens is 3. The minimum atomic E-state index is -3.22. The van der Waals surface area contributed by atoms with E-state index >= 15 is 0 Å². The summed E-state index contributed by atoms with van der Waals surface area (Å²) in [6, 6.07) is 18.3. The van der Waals surface area contributed by atoms with Crippen LogP contribution in [0, 0.1) is 0 Å². The van der Waals surface area contributed by atoms with E-state index in [-0.39, 0.29) is 17.9 Å². The number of aryl methyl sites for hydroxylation is 3. The summed E-state index contributed by atoms with van der Waals surface area (Å²) in [6.45, 7) is 8.55. The van der Waals surface area contributed by atoms with Crippen molar-refractivity contribution in [2.75, 3.05) is 21.3 Å². The summed E-state index contributed by atoms with van der Waals surface area (Å²) in [5.41, 5.74) is 6.15. The van der Waals surface area contributed by atoms with Crippen molar-refractivity contribution in [2.45, 2.75) is 40.4 Å². The number of ether oxygens (including phenoxy) is 3. The molecule has 7 rings (SSSR count). The lowest BCUT2D eigenvalue weighted by molar-refractivity contribution is 0.0592. The van der Waals surface area contributed by atoms with Crippen LogP contribution >= 0.6 is 38.9 Å². The van der Waals surface area contributed by atoms with Crippen molar-refractivity contribution in [1.29, 1.82) is 0 Å². The first-order chi connectivity index (χ1) is 27.2. The quantitative estimate of drug-likeness (QED) is 0.0624. The number of methoxy groups -OCH3 is 3. The predicted octanol–water partition coefficient (Wildman–Crippen LogP) is 10.6. The molecule has 0 aliphatic heterocycles. The average Bonchev–Trinajstić information content (AvgIpc) is 4.03. The second-order valence-corrected chi connectivity index (χ2v) is 18.5. The van der Waals surface area contributed by atoms with E-state index in [1.807, 2.05) is 54.2 Å². The molecule has 0 unspecified atom stereocenters. The number of aromatic nitrogens is 4. The summed E-state index contributed by atoms with van der Waals surface area (Å²) in [7, 11) is 4.12. The SMILES string of the molecule is CCn1cc(-c2cnco2)c2ccc(C(=O)OC)cc21.CCn1cc(C=O)c2ccc(C(=O)OC)cc21.CCn1ccc2ccc(C(=O)OC)cc21.O=P(Cl)(Cl)Cl. The highest BCUT2D eigenvalue weighted by Crippen LogP contribution is 2.61. The smallest absolute Gasteiger partial charge is 0.339 e. The molecule has 0 saturated carbocycles. The largest absolute Gasteiger partial charge is 0.465 e. The number of esters is 3. The summed E-state index contributed by atoms with van der Waals surface area (Å²) in [5.74, 6) is -0.283. The first-order valence-corrected chi connectivity index (χ1v) is 21.8. The molecule has 0 aliphatic rings. The van der Waals surface area contributed by atoms with Crippen LogP contribution in [0.3, 0.4) is 0 Å². The van der Waals surface area contributed by atoms with Crippen LogP contribution in [0.4, 0.5) is 0 Å². The highest BCUT2D eigenvalue weighted by Gasteiger charge is 2.15. The normalized spacial score (nSPS) is 10.8. The number of carbonyl (C=O) groups is 4. The molecule has 0 radical (unpaired) electrons. The Balaban J connectivity index is 0.000000180. The van der Waals surface area contributed by atoms with Crippen molar-refractivity contribution >= 4 is 95.8 Å². The van der Waals surface area contributed by atoms with Gasteiger partial charge in [-0.25, -0.2) is 19.4 Å². The molecule has 13 nitrogen and oxygen atoms in total. The van der Waals surface area contributed by atoms with Crippen LogP contribution in [0.5, 0.6) is 0 Å². The maximum atomic E-state index is 11.6. The Labute approximate surface area is 342 Å². The van der Waals surface area contributed by atoms with Gasteiger partial charge in [0.25, 0.3) is 0 Å². The molecule has 0 fully saturated rings. The van der Waals surface area contributed by atoms with E-state index in [4.69, 9.17) is 9.15 Å². The van der Waals surface area contributed by atoms with Gasteiger partial charge in [-0.3, -0.25) is 9.36 Å². The number of nitrogens with zero attached hydrogens (tertiary/aromatic N) is 4. The second-order valence-electron chi connectivity index (χ2n) is 11.9. The van der Waals surface area contributed by atoms with Gasteiger partial charge in [0, 0.05) is 76.7 Å². The van der Waals surface area contributed by atoms with E-state index in [2.05, 4.69) is 71.2 Å². The first kappa shape index (κ1) is 44.4. The van der Waals surface area contributed by atoms with Crippen molar-refractivity contribution in [3.63, 3.8) is 0 Å². The zero-order chi connectivity index (χ0) is 41.9. The lowest BCUT2D eigenvalue weighted by atomic mass is 10.1. The number of rotatable bonds is 8. The minimum Gasteiger partial charge on any atom is -0.465 e. The lowest BCUT2D eigenvalue weighted by Crippen LogP contribution is -2.01. The molecule has 0 N–H and O–H groups in total. The predicted molar refractivity (Wildman–Crippen MR) is 223 cm³/mol. The summed E-state index contributed by atoms with van der Waals surface area (Å²) in [6.07, 6.45) is 9.74. The van der Waals surface area contributed by atoms with Crippen molar-refractivity contribution in [3.8, 4) is 11.3 Å². The summed E-state index contributed by atoms with van der Waals surface area (Å²) in [4.78, 5) is 49.3. The van der Waals surface area contributed by atoms with Gasteiger partial charge in [-0.15, -0.1) is 0 Å². The van der Waals surface area contributed by atoms with Gasteiger partial charge in [0.15, 0.2) is 18.4 Å². The Morgan fingerprint density at radius 1 is 0.702 bits per heavy atom. The van der Waals surface area contributed by atoms with Gasteiger partial charge in [-0.2, -0.15) is 0 Å². The molecular weight excluding hydrogens is 818 g/mol. The van der Waals surface area contributed by atoms with Gasteiger partial charge in [-0.1, -0.05) is 18.2 Å². The van der Waals surface area contributed by atoms with Crippen molar-refractivity contribution in [3.05, 3.63) is 114 Å². The van der Waals surface area contributed by atoms with Crippen LogP contribution < -0.4 is 0 Å². The fourth-order valence-electron chi connectivity index (χ4n) is 5.97. The zero-order valence-corrected chi connectivity index (χ0v) is 35.1. The van der Waals surface area contributed by atoms with Crippen LogP contribution in [-0.2, 0) is 38.4 Å². The molecule has 0 atom stereocenters. The zero-order valence-electron chi connectivity index (χ0n) is 31.9. The molecule has 0 amide bonds. The molecule has 4 aromatic heterocycles. The van der Waals surface area contributed by atoms with Crippen LogP contribution in [0.15, 0.2) is 96.3 Å². The molecular formula is C40H40Cl3N4O9P. The number of fused-ring (bicyclic) bond motifs is 3. The summed E-state index contributed by atoms with van der Waals surface area (Å²) in [5, 5.41) is -0.199. The van der Waals surface area contributed by atoms with Crippen molar-refractivity contribution < 1.29 is 42.4 Å². The third-order valence-electron chi connectivity index (χ3n) is 8.68. The van der Waals surface area contributed by atoms with E-state index < -0.39 is 5.20 Å². The molecule has 0 spiro atoms. The molecule has 7 aromatic rings. The average molecular weight is 858 g/mol. The van der Waals surface area contributed by atoms with Crippen LogP contribution in [0.1, 0.15) is 62.2 Å². The van der Waals surface area contributed by atoms with Gasteiger partial charge in [0.05, 0.1) is 44.2 Å². The second kappa shape index (κ2) is 20.2. The van der Waals surface area contributed by atoms with Gasteiger partial charge >= 0.3 is 23.1 Å². The minimum absolute atomic E-state index is 0.291. The Morgan fingerprint density at radius 3 is 1.65 bits per heavy atom. The van der Waals surface area contributed by atoms with E-state index in [9.17, 15) is 23.7 Å². The molecule has 300 valence electrons. The molecule has 57 heavy (non-hydrogen) atoms. The molecule has 17 heteroatoms. The Morgan fingerprint density at radius 2 is 1.18 bits per heavy atom. The fraction of sp³-hybridized carbons (Fsp3) is 0.225. The van der Waals surface area contributed by atoms with Crippen LogP contribution in [0.2, 0.25) is 0 Å². The molecule has 0 aliphatic carbocycles. The van der Waals surface area contributed by atoms with Crippen LogP contribution in [-0.4, -0.2) is 64.2 Å². The maximum Gasteiger partial charge on any atom is 0.339 e. The van der Waals surface area contributed by atoms with Gasteiger partial charge in [-0.05, 0) is 102 Å². The van der Waals surface area contributed by atoms with Gasteiger partial charge in [0.1, 0.15) is 0 Å². The maximum absolute atomic E-state index is 11.6. The number of benzene rings is 3. The fourth-order valence-corrected chi connectivity index (χ4v) is 5.97. The monoisotopic (exact) mass is 856 g/mol. The molecule has 4 heterocycles. The van der Waals surface area contributed by atoms with E-state index in [1.165, 1.54) is 27.7 Å². The summed E-state index contributed by atoms with van der Waals surface area (Å²) >= 11 is 13.8. The Kier molecular flexibility index (Phi) is 15.7. The molecule has 3 aromatic carbocycles. The summed E-state index contributed by atoms with van der Waals surface area (Å²) < 4.78 is 35.1. The van der Waals surface area contributed by atoms with E-state index in [1.54, 1.807) is 42.7 Å².